The molecule has 0 heterocycles. The number of benzene rings is 2. The summed E-state index contributed by atoms with van der Waals surface area (Å²) in [7, 11) is 1.58. The second-order valence-corrected chi connectivity index (χ2v) is 6.61. The van der Waals surface area contributed by atoms with Crippen LogP contribution >= 0.6 is 0 Å². The number of aliphatic hydroxyl groups excluding tert-OH is 1. The first-order chi connectivity index (χ1) is 13.6. The zero-order chi connectivity index (χ0) is 20.2. The second kappa shape index (κ2) is 12.0. The van der Waals surface area contributed by atoms with E-state index in [0.29, 0.717) is 18.0 Å². The molecule has 0 bridgehead atoms. The van der Waals surface area contributed by atoms with Crippen molar-refractivity contribution in [3.63, 3.8) is 0 Å². The van der Waals surface area contributed by atoms with Crippen LogP contribution in [0.2, 0.25) is 0 Å². The average Bonchev–Trinajstić information content (AvgIpc) is 2.71. The number of hydrogen-bond acceptors (Lipinski definition) is 5. The highest BCUT2D eigenvalue weighted by molar-refractivity contribution is 5.91. The number of rotatable bonds is 12. The molecule has 2 rings (SSSR count). The van der Waals surface area contributed by atoms with Gasteiger partial charge in [-0.2, -0.15) is 0 Å². The van der Waals surface area contributed by atoms with E-state index in [2.05, 4.69) is 10.6 Å². The van der Waals surface area contributed by atoms with Gasteiger partial charge in [-0.15, -0.1) is 0 Å². The standard InChI is InChI=1S/C22H30N2O4/c1-17-9-11-19(12-10-17)24-21(26)16-28-22-18(7-6-8-20(22)27-2)15-23-13-4-3-5-14-25/h6-12,23,25H,3-5,13-16H2,1-2H3,(H,24,26). The number of amides is 1. The minimum absolute atomic E-state index is 0.0995. The minimum Gasteiger partial charge on any atom is -0.493 e. The molecule has 0 radical (unpaired) electrons. The molecule has 0 aliphatic heterocycles. The average molecular weight is 386 g/mol. The molecule has 3 N–H and O–H groups in total. The van der Waals surface area contributed by atoms with Crippen molar-refractivity contribution in [2.75, 3.05) is 32.2 Å². The summed E-state index contributed by atoms with van der Waals surface area (Å²) in [5, 5.41) is 15.0. The smallest absolute Gasteiger partial charge is 0.262 e. The molecule has 0 aliphatic carbocycles. The Labute approximate surface area is 166 Å². The molecule has 1 amide bonds. The predicted octanol–water partition coefficient (Wildman–Crippen LogP) is 3.27. The predicted molar refractivity (Wildman–Crippen MR) is 111 cm³/mol. The number of anilines is 1. The van der Waals surface area contributed by atoms with Gasteiger partial charge in [0.1, 0.15) is 0 Å². The molecule has 0 fully saturated rings. The van der Waals surface area contributed by atoms with E-state index in [1.807, 2.05) is 49.4 Å². The van der Waals surface area contributed by atoms with Gasteiger partial charge in [-0.05, 0) is 50.9 Å². The van der Waals surface area contributed by atoms with Crippen molar-refractivity contribution < 1.29 is 19.4 Å². The van der Waals surface area contributed by atoms with Crippen LogP contribution in [0.1, 0.15) is 30.4 Å². The van der Waals surface area contributed by atoms with Gasteiger partial charge in [0, 0.05) is 24.4 Å². The number of aliphatic hydroxyl groups is 1. The van der Waals surface area contributed by atoms with E-state index in [-0.39, 0.29) is 19.1 Å². The Morgan fingerprint density at radius 3 is 2.57 bits per heavy atom. The van der Waals surface area contributed by atoms with Crippen molar-refractivity contribution in [1.82, 2.24) is 5.32 Å². The van der Waals surface area contributed by atoms with E-state index >= 15 is 0 Å². The molecule has 2 aromatic carbocycles. The molecule has 0 saturated carbocycles. The Morgan fingerprint density at radius 2 is 1.86 bits per heavy atom. The van der Waals surface area contributed by atoms with Crippen molar-refractivity contribution in [2.45, 2.75) is 32.7 Å². The number of methoxy groups -OCH3 is 1. The molecule has 0 atom stereocenters. The van der Waals surface area contributed by atoms with Gasteiger partial charge in [-0.3, -0.25) is 4.79 Å². The largest absolute Gasteiger partial charge is 0.493 e. The zero-order valence-electron chi connectivity index (χ0n) is 16.7. The molecule has 6 nitrogen and oxygen atoms in total. The molecular weight excluding hydrogens is 356 g/mol. The Balaban J connectivity index is 1.91. The maximum atomic E-state index is 12.2. The maximum Gasteiger partial charge on any atom is 0.262 e. The highest BCUT2D eigenvalue weighted by atomic mass is 16.5. The fraction of sp³-hybridized carbons (Fsp3) is 0.409. The number of nitrogens with one attached hydrogen (secondary N) is 2. The van der Waals surface area contributed by atoms with Gasteiger partial charge in [0.25, 0.3) is 5.91 Å². The topological polar surface area (TPSA) is 79.8 Å². The highest BCUT2D eigenvalue weighted by Gasteiger charge is 2.12. The number of unbranched alkanes of at least 4 members (excludes halogenated alkanes) is 2. The summed E-state index contributed by atoms with van der Waals surface area (Å²) in [5.41, 5.74) is 2.81. The van der Waals surface area contributed by atoms with Gasteiger partial charge in [-0.25, -0.2) is 0 Å². The minimum atomic E-state index is -0.224. The molecule has 0 aliphatic rings. The van der Waals surface area contributed by atoms with Crippen LogP contribution in [0, 0.1) is 6.92 Å². The van der Waals surface area contributed by atoms with Crippen LogP contribution in [0.25, 0.3) is 0 Å². The first-order valence-corrected chi connectivity index (χ1v) is 9.61. The van der Waals surface area contributed by atoms with Crippen LogP contribution in [0.5, 0.6) is 11.5 Å². The lowest BCUT2D eigenvalue weighted by atomic mass is 10.1. The molecule has 0 aromatic heterocycles. The summed E-state index contributed by atoms with van der Waals surface area (Å²) < 4.78 is 11.2. The van der Waals surface area contributed by atoms with E-state index in [1.165, 1.54) is 0 Å². The quantitative estimate of drug-likeness (QED) is 0.488. The monoisotopic (exact) mass is 386 g/mol. The molecular formula is C22H30N2O4. The van der Waals surface area contributed by atoms with Crippen molar-refractivity contribution in [3.8, 4) is 11.5 Å². The summed E-state index contributed by atoms with van der Waals surface area (Å²) in [6.45, 7) is 3.60. The van der Waals surface area contributed by atoms with Gasteiger partial charge in [0.15, 0.2) is 18.1 Å². The zero-order valence-corrected chi connectivity index (χ0v) is 16.7. The van der Waals surface area contributed by atoms with Crippen molar-refractivity contribution in [2.24, 2.45) is 0 Å². The van der Waals surface area contributed by atoms with Crippen LogP contribution in [0.4, 0.5) is 5.69 Å². The highest BCUT2D eigenvalue weighted by Crippen LogP contribution is 2.31. The lowest BCUT2D eigenvalue weighted by Crippen LogP contribution is -2.21. The number of carbonyl (C=O) groups is 1. The Hall–Kier alpha value is -2.57. The molecule has 28 heavy (non-hydrogen) atoms. The molecule has 152 valence electrons. The second-order valence-electron chi connectivity index (χ2n) is 6.61. The van der Waals surface area contributed by atoms with Gasteiger partial charge < -0.3 is 25.2 Å². The molecule has 0 spiro atoms. The van der Waals surface area contributed by atoms with Gasteiger partial charge in [0.05, 0.1) is 7.11 Å². The summed E-state index contributed by atoms with van der Waals surface area (Å²) >= 11 is 0. The van der Waals surface area contributed by atoms with Crippen LogP contribution in [0.3, 0.4) is 0 Å². The normalized spacial score (nSPS) is 10.5. The first-order valence-electron chi connectivity index (χ1n) is 9.61. The summed E-state index contributed by atoms with van der Waals surface area (Å²) in [4.78, 5) is 12.2. The van der Waals surface area contributed by atoms with Crippen LogP contribution in [-0.4, -0.2) is 37.9 Å². The Kier molecular flexibility index (Phi) is 9.31. The van der Waals surface area contributed by atoms with Crippen molar-refractivity contribution >= 4 is 11.6 Å². The number of aryl methyl sites for hydroxylation is 1. The first kappa shape index (κ1) is 21.7. The summed E-state index contributed by atoms with van der Waals surface area (Å²) in [6.07, 6.45) is 2.81. The van der Waals surface area contributed by atoms with Crippen LogP contribution in [-0.2, 0) is 11.3 Å². The van der Waals surface area contributed by atoms with E-state index < -0.39 is 0 Å². The molecule has 6 heteroatoms. The van der Waals surface area contributed by atoms with E-state index in [0.717, 1.165) is 42.6 Å². The Morgan fingerprint density at radius 1 is 1.07 bits per heavy atom. The van der Waals surface area contributed by atoms with Crippen LogP contribution in [0.15, 0.2) is 42.5 Å². The summed E-state index contributed by atoms with van der Waals surface area (Å²) in [5.74, 6) is 0.951. The number of hydrogen-bond donors (Lipinski definition) is 3. The lowest BCUT2D eigenvalue weighted by Gasteiger charge is -2.15. The Bertz CT molecular complexity index is 732. The third-order valence-corrected chi connectivity index (χ3v) is 4.29. The third-order valence-electron chi connectivity index (χ3n) is 4.29. The molecule has 0 saturated heterocycles. The molecule has 2 aromatic rings. The number of para-hydroxylation sites is 1. The van der Waals surface area contributed by atoms with E-state index in [1.54, 1.807) is 7.11 Å². The SMILES string of the molecule is COc1cccc(CNCCCCCO)c1OCC(=O)Nc1ccc(C)cc1. The third kappa shape index (κ3) is 7.21. The molecule has 0 unspecified atom stereocenters. The van der Waals surface area contributed by atoms with E-state index in [4.69, 9.17) is 14.6 Å². The number of carbonyl (C=O) groups excluding carboxylic acids is 1. The fourth-order valence-electron chi connectivity index (χ4n) is 2.76. The van der Waals surface area contributed by atoms with Gasteiger partial charge in [0.2, 0.25) is 0 Å². The number of ether oxygens (including phenoxy) is 2. The lowest BCUT2D eigenvalue weighted by molar-refractivity contribution is -0.118. The van der Waals surface area contributed by atoms with E-state index in [9.17, 15) is 4.79 Å². The van der Waals surface area contributed by atoms with Gasteiger partial charge >= 0.3 is 0 Å². The van der Waals surface area contributed by atoms with Crippen molar-refractivity contribution in [3.05, 3.63) is 53.6 Å². The fourth-order valence-corrected chi connectivity index (χ4v) is 2.76. The van der Waals surface area contributed by atoms with Crippen molar-refractivity contribution in [1.29, 1.82) is 0 Å². The summed E-state index contributed by atoms with van der Waals surface area (Å²) in [6, 6.07) is 13.3. The van der Waals surface area contributed by atoms with Crippen LogP contribution < -0.4 is 20.1 Å². The van der Waals surface area contributed by atoms with Gasteiger partial charge in [-0.1, -0.05) is 29.8 Å². The maximum absolute atomic E-state index is 12.2.